The Morgan fingerprint density at radius 1 is 1.00 bits per heavy atom. The maximum absolute atomic E-state index is 13.8. The summed E-state index contributed by atoms with van der Waals surface area (Å²) in [6.45, 7) is 0. The fraction of sp³-hybridized carbons (Fsp3) is 0.111. The van der Waals surface area contributed by atoms with Crippen molar-refractivity contribution in [2.24, 2.45) is 0 Å². The standard InChI is InChI=1S/C27H19FN2O6S/c1-35-18-10-7-15(8-11-18)23(31)21-22(14-3-5-16(6-4-14)26(34)36-2)30(25(33)24(21)32)27-29-19-12-9-17(28)13-20(19)37-27/h3-13,22,31H,1-2H3/b23-21+/t22-/m0/s1. The highest BCUT2D eigenvalue weighted by Gasteiger charge is 2.48. The van der Waals surface area contributed by atoms with Gasteiger partial charge in [-0.3, -0.25) is 14.5 Å². The zero-order valence-electron chi connectivity index (χ0n) is 19.6. The van der Waals surface area contributed by atoms with Crippen molar-refractivity contribution in [1.29, 1.82) is 0 Å². The molecule has 1 N–H and O–H groups in total. The molecule has 186 valence electrons. The molecule has 0 bridgehead atoms. The number of aliphatic hydroxyl groups is 1. The minimum Gasteiger partial charge on any atom is -0.507 e. The van der Waals surface area contributed by atoms with Crippen molar-refractivity contribution < 1.29 is 33.4 Å². The van der Waals surface area contributed by atoms with Gasteiger partial charge in [0.1, 0.15) is 17.3 Å². The Hall–Kier alpha value is -4.57. The average Bonchev–Trinajstić information content (AvgIpc) is 3.45. The Morgan fingerprint density at radius 2 is 1.68 bits per heavy atom. The van der Waals surface area contributed by atoms with Gasteiger partial charge < -0.3 is 14.6 Å². The summed E-state index contributed by atoms with van der Waals surface area (Å²) in [5, 5.41) is 11.4. The van der Waals surface area contributed by atoms with Crippen LogP contribution in [0.4, 0.5) is 9.52 Å². The number of rotatable bonds is 5. The number of Topliss-reactive ketones (excluding diaryl/α,β-unsaturated/α-hetero) is 1. The normalized spacial score (nSPS) is 16.8. The van der Waals surface area contributed by atoms with Crippen LogP contribution in [0.25, 0.3) is 16.0 Å². The highest BCUT2D eigenvalue weighted by atomic mass is 32.1. The lowest BCUT2D eigenvalue weighted by Crippen LogP contribution is -2.29. The summed E-state index contributed by atoms with van der Waals surface area (Å²) >= 11 is 1.05. The number of ether oxygens (including phenoxy) is 2. The Bertz CT molecular complexity index is 1580. The van der Waals surface area contributed by atoms with Gasteiger partial charge in [0.25, 0.3) is 5.78 Å². The van der Waals surface area contributed by atoms with Crippen molar-refractivity contribution in [2.75, 3.05) is 19.1 Å². The zero-order valence-corrected chi connectivity index (χ0v) is 20.4. The monoisotopic (exact) mass is 518 g/mol. The van der Waals surface area contributed by atoms with Crippen LogP contribution >= 0.6 is 11.3 Å². The number of anilines is 1. The van der Waals surface area contributed by atoms with Gasteiger partial charge in [0.15, 0.2) is 5.13 Å². The first-order valence-corrected chi connectivity index (χ1v) is 11.8. The summed E-state index contributed by atoms with van der Waals surface area (Å²) in [5.74, 6) is -2.63. The number of aromatic nitrogens is 1. The molecule has 1 fully saturated rings. The van der Waals surface area contributed by atoms with E-state index < -0.39 is 29.5 Å². The number of hydrogen-bond acceptors (Lipinski definition) is 8. The number of aliphatic hydroxyl groups excluding tert-OH is 1. The molecule has 1 saturated heterocycles. The first-order valence-electron chi connectivity index (χ1n) is 11.0. The van der Waals surface area contributed by atoms with Gasteiger partial charge in [0, 0.05) is 5.56 Å². The lowest BCUT2D eigenvalue weighted by atomic mass is 9.94. The van der Waals surface area contributed by atoms with Crippen LogP contribution < -0.4 is 9.64 Å². The lowest BCUT2D eigenvalue weighted by molar-refractivity contribution is -0.132. The molecule has 10 heteroatoms. The third-order valence-electron chi connectivity index (χ3n) is 6.00. The number of nitrogens with zero attached hydrogens (tertiary/aromatic N) is 2. The van der Waals surface area contributed by atoms with Crippen LogP contribution in [0.5, 0.6) is 5.75 Å². The van der Waals surface area contributed by atoms with Crippen molar-refractivity contribution in [2.45, 2.75) is 6.04 Å². The van der Waals surface area contributed by atoms with Gasteiger partial charge in [-0.15, -0.1) is 0 Å². The number of methoxy groups -OCH3 is 2. The largest absolute Gasteiger partial charge is 0.507 e. The van der Waals surface area contributed by atoms with Gasteiger partial charge in [0.2, 0.25) is 0 Å². The van der Waals surface area contributed by atoms with Crippen molar-refractivity contribution in [3.63, 3.8) is 0 Å². The molecule has 1 aliphatic heterocycles. The summed E-state index contributed by atoms with van der Waals surface area (Å²) < 4.78 is 24.2. The molecule has 4 aromatic rings. The number of ketones is 1. The van der Waals surface area contributed by atoms with E-state index in [2.05, 4.69) is 4.98 Å². The van der Waals surface area contributed by atoms with Crippen molar-refractivity contribution >= 4 is 50.1 Å². The number of amides is 1. The topological polar surface area (TPSA) is 106 Å². The zero-order chi connectivity index (χ0) is 26.3. The third kappa shape index (κ3) is 4.21. The summed E-state index contributed by atoms with van der Waals surface area (Å²) in [5.41, 5.74) is 1.34. The Kier molecular flexibility index (Phi) is 6.18. The molecule has 1 amide bonds. The number of thiazole rings is 1. The summed E-state index contributed by atoms with van der Waals surface area (Å²) in [7, 11) is 2.76. The van der Waals surface area contributed by atoms with E-state index in [9.17, 15) is 23.9 Å². The molecule has 3 aromatic carbocycles. The number of halogens is 1. The summed E-state index contributed by atoms with van der Waals surface area (Å²) in [6, 6.07) is 15.5. The molecule has 37 heavy (non-hydrogen) atoms. The molecule has 1 aliphatic rings. The van der Waals surface area contributed by atoms with E-state index in [0.717, 1.165) is 11.3 Å². The van der Waals surface area contributed by atoms with E-state index in [1.807, 2.05) is 0 Å². The first kappa shape index (κ1) is 24.1. The van der Waals surface area contributed by atoms with E-state index in [1.165, 1.54) is 49.5 Å². The molecule has 0 radical (unpaired) electrons. The van der Waals surface area contributed by atoms with E-state index in [4.69, 9.17) is 9.47 Å². The molecule has 2 heterocycles. The van der Waals surface area contributed by atoms with Gasteiger partial charge in [-0.1, -0.05) is 23.5 Å². The quantitative estimate of drug-likeness (QED) is 0.174. The van der Waals surface area contributed by atoms with Crippen molar-refractivity contribution in [3.05, 3.63) is 94.8 Å². The Morgan fingerprint density at radius 3 is 2.32 bits per heavy atom. The minimum atomic E-state index is -1.06. The molecule has 1 atom stereocenters. The molecular weight excluding hydrogens is 499 g/mol. The number of carbonyl (C=O) groups is 3. The molecule has 8 nitrogen and oxygen atoms in total. The average molecular weight is 519 g/mol. The minimum absolute atomic E-state index is 0.147. The first-order chi connectivity index (χ1) is 17.8. The van der Waals surface area contributed by atoms with Crippen LogP contribution in [0.1, 0.15) is 27.5 Å². The van der Waals surface area contributed by atoms with Crippen LogP contribution in [-0.2, 0) is 14.3 Å². The highest BCUT2D eigenvalue weighted by molar-refractivity contribution is 7.22. The summed E-state index contributed by atoms with van der Waals surface area (Å²) in [6.07, 6.45) is 0. The predicted octanol–water partition coefficient (Wildman–Crippen LogP) is 4.86. The van der Waals surface area contributed by atoms with E-state index in [1.54, 1.807) is 36.4 Å². The maximum Gasteiger partial charge on any atom is 0.337 e. The Balaban J connectivity index is 1.69. The van der Waals surface area contributed by atoms with Crippen LogP contribution in [0, 0.1) is 5.82 Å². The molecule has 0 spiro atoms. The number of benzene rings is 3. The van der Waals surface area contributed by atoms with Gasteiger partial charge in [0.05, 0.1) is 41.6 Å². The maximum atomic E-state index is 13.8. The SMILES string of the molecule is COC(=O)c1ccc([C@H]2/C(=C(\O)c3ccc(OC)cc3)C(=O)C(=O)N2c2nc3ccc(F)cc3s2)cc1. The van der Waals surface area contributed by atoms with E-state index in [0.29, 0.717) is 27.1 Å². The van der Waals surface area contributed by atoms with E-state index in [-0.39, 0.29) is 22.0 Å². The number of esters is 1. The van der Waals surface area contributed by atoms with Gasteiger partial charge in [-0.2, -0.15) is 0 Å². The van der Waals surface area contributed by atoms with Crippen molar-refractivity contribution in [3.8, 4) is 5.75 Å². The van der Waals surface area contributed by atoms with Gasteiger partial charge in [-0.25, -0.2) is 14.2 Å². The molecule has 5 rings (SSSR count). The van der Waals surface area contributed by atoms with Crippen LogP contribution in [0.3, 0.4) is 0 Å². The second-order valence-corrected chi connectivity index (χ2v) is 9.13. The molecule has 0 saturated carbocycles. The number of hydrogen-bond donors (Lipinski definition) is 1. The third-order valence-corrected chi connectivity index (χ3v) is 7.02. The molecule has 1 aromatic heterocycles. The second kappa shape index (κ2) is 9.47. The molecular formula is C27H19FN2O6S. The van der Waals surface area contributed by atoms with Gasteiger partial charge in [-0.05, 0) is 60.2 Å². The summed E-state index contributed by atoms with van der Waals surface area (Å²) in [4.78, 5) is 44.2. The van der Waals surface area contributed by atoms with Crippen molar-refractivity contribution in [1.82, 2.24) is 4.98 Å². The molecule has 0 aliphatic carbocycles. The smallest absolute Gasteiger partial charge is 0.337 e. The van der Waals surface area contributed by atoms with Crippen LogP contribution in [-0.4, -0.2) is 42.0 Å². The van der Waals surface area contributed by atoms with Gasteiger partial charge >= 0.3 is 11.9 Å². The van der Waals surface area contributed by atoms with Crippen LogP contribution in [0.15, 0.2) is 72.3 Å². The second-order valence-electron chi connectivity index (χ2n) is 8.12. The Labute approximate surface area is 214 Å². The highest BCUT2D eigenvalue weighted by Crippen LogP contribution is 2.44. The van der Waals surface area contributed by atoms with E-state index >= 15 is 0 Å². The predicted molar refractivity (Wildman–Crippen MR) is 135 cm³/mol. The lowest BCUT2D eigenvalue weighted by Gasteiger charge is -2.23. The number of carbonyl (C=O) groups excluding carboxylic acids is 3. The fourth-order valence-corrected chi connectivity index (χ4v) is 5.18. The number of fused-ring (bicyclic) bond motifs is 1. The van der Waals surface area contributed by atoms with Crippen LogP contribution in [0.2, 0.25) is 0 Å². The molecule has 0 unspecified atom stereocenters. The fourth-order valence-electron chi connectivity index (χ4n) is 4.16.